The molecular formula is C9H15F5N2. The monoisotopic (exact) mass is 246 g/mol. The molecule has 1 aliphatic rings. The van der Waals surface area contributed by atoms with E-state index in [1.165, 1.54) is 0 Å². The van der Waals surface area contributed by atoms with Gasteiger partial charge in [0.1, 0.15) is 0 Å². The Kier molecular flexibility index (Phi) is 4.91. The molecule has 0 atom stereocenters. The lowest BCUT2D eigenvalue weighted by Crippen LogP contribution is -2.48. The maximum Gasteiger partial charge on any atom is 0.401 e. The van der Waals surface area contributed by atoms with Crippen molar-refractivity contribution >= 4 is 0 Å². The van der Waals surface area contributed by atoms with Gasteiger partial charge in [0.25, 0.3) is 6.43 Å². The number of nitrogens with one attached hydrogen (secondary N) is 1. The van der Waals surface area contributed by atoms with Crippen LogP contribution < -0.4 is 5.32 Å². The van der Waals surface area contributed by atoms with Gasteiger partial charge in [0.15, 0.2) is 0 Å². The van der Waals surface area contributed by atoms with Crippen molar-refractivity contribution in [1.29, 1.82) is 0 Å². The van der Waals surface area contributed by atoms with Crippen LogP contribution in [-0.2, 0) is 0 Å². The van der Waals surface area contributed by atoms with Gasteiger partial charge in [-0.05, 0) is 25.9 Å². The molecule has 1 rings (SSSR count). The lowest BCUT2D eigenvalue weighted by atomic mass is 10.0. The molecule has 1 heterocycles. The second-order valence-electron chi connectivity index (χ2n) is 3.92. The third-order valence-corrected chi connectivity index (χ3v) is 2.58. The fourth-order valence-electron chi connectivity index (χ4n) is 1.92. The van der Waals surface area contributed by atoms with Gasteiger partial charge in [-0.2, -0.15) is 13.2 Å². The van der Waals surface area contributed by atoms with E-state index in [4.69, 9.17) is 0 Å². The summed E-state index contributed by atoms with van der Waals surface area (Å²) in [7, 11) is 0. The van der Waals surface area contributed by atoms with E-state index >= 15 is 0 Å². The molecule has 0 radical (unpaired) electrons. The molecule has 7 heteroatoms. The Morgan fingerprint density at radius 1 is 1.19 bits per heavy atom. The normalized spacial score (nSPS) is 19.7. The maximum atomic E-state index is 12.2. The van der Waals surface area contributed by atoms with E-state index in [9.17, 15) is 22.0 Å². The van der Waals surface area contributed by atoms with E-state index in [0.717, 1.165) is 4.90 Å². The molecule has 0 bridgehead atoms. The largest absolute Gasteiger partial charge is 0.401 e. The predicted molar refractivity (Wildman–Crippen MR) is 49.5 cm³/mol. The Morgan fingerprint density at radius 2 is 1.75 bits per heavy atom. The zero-order valence-electron chi connectivity index (χ0n) is 8.73. The molecule has 0 aromatic rings. The highest BCUT2D eigenvalue weighted by Crippen LogP contribution is 2.21. The summed E-state index contributed by atoms with van der Waals surface area (Å²) in [6, 6.07) is -0.392. The summed E-state index contributed by atoms with van der Waals surface area (Å²) in [4.78, 5) is 0.853. The van der Waals surface area contributed by atoms with E-state index in [1.54, 1.807) is 0 Å². The molecule has 1 fully saturated rings. The Balaban J connectivity index is 2.54. The van der Waals surface area contributed by atoms with E-state index in [-0.39, 0.29) is 0 Å². The van der Waals surface area contributed by atoms with Gasteiger partial charge in [-0.15, -0.1) is 0 Å². The van der Waals surface area contributed by atoms with Crippen LogP contribution in [0.15, 0.2) is 0 Å². The lowest BCUT2D eigenvalue weighted by Gasteiger charge is -2.34. The molecule has 1 saturated heterocycles. The summed E-state index contributed by atoms with van der Waals surface area (Å²) in [5, 5.41) is 2.99. The van der Waals surface area contributed by atoms with Crippen LogP contribution in [0, 0.1) is 0 Å². The molecule has 0 spiro atoms. The van der Waals surface area contributed by atoms with E-state index in [0.29, 0.717) is 25.9 Å². The fraction of sp³-hybridized carbons (Fsp3) is 1.00. The highest BCUT2D eigenvalue weighted by molar-refractivity contribution is 4.79. The second-order valence-corrected chi connectivity index (χ2v) is 3.92. The quantitative estimate of drug-likeness (QED) is 0.762. The van der Waals surface area contributed by atoms with Crippen LogP contribution >= 0.6 is 0 Å². The maximum absolute atomic E-state index is 12.2. The van der Waals surface area contributed by atoms with E-state index < -0.39 is 31.7 Å². The van der Waals surface area contributed by atoms with E-state index in [2.05, 4.69) is 5.32 Å². The average Bonchev–Trinajstić information content (AvgIpc) is 2.15. The van der Waals surface area contributed by atoms with Gasteiger partial charge in [-0.1, -0.05) is 0 Å². The first kappa shape index (κ1) is 13.6. The van der Waals surface area contributed by atoms with Crippen molar-refractivity contribution in [2.24, 2.45) is 0 Å². The summed E-state index contributed by atoms with van der Waals surface area (Å²) in [5.41, 5.74) is 0. The van der Waals surface area contributed by atoms with Gasteiger partial charge in [-0.25, -0.2) is 8.78 Å². The molecule has 0 saturated carbocycles. The first-order valence-electron chi connectivity index (χ1n) is 5.18. The van der Waals surface area contributed by atoms with Crippen LogP contribution in [0.2, 0.25) is 0 Å². The van der Waals surface area contributed by atoms with Crippen molar-refractivity contribution in [1.82, 2.24) is 10.2 Å². The Bertz CT molecular complexity index is 201. The smallest absolute Gasteiger partial charge is 0.317 e. The van der Waals surface area contributed by atoms with Crippen LogP contribution in [0.1, 0.15) is 12.8 Å². The number of halogens is 5. The van der Waals surface area contributed by atoms with Gasteiger partial charge >= 0.3 is 6.18 Å². The highest BCUT2D eigenvalue weighted by Gasteiger charge is 2.35. The number of alkyl halides is 5. The second kappa shape index (κ2) is 5.77. The van der Waals surface area contributed by atoms with Crippen molar-refractivity contribution in [3.63, 3.8) is 0 Å². The molecule has 0 aromatic carbocycles. The molecular weight excluding hydrogens is 231 g/mol. The average molecular weight is 246 g/mol. The first-order valence-corrected chi connectivity index (χ1v) is 5.18. The molecule has 1 aliphatic heterocycles. The number of hydrogen-bond donors (Lipinski definition) is 1. The number of piperidine rings is 1. The van der Waals surface area contributed by atoms with Crippen molar-refractivity contribution < 1.29 is 22.0 Å². The predicted octanol–water partition coefficient (Wildman–Crippen LogP) is 1.87. The summed E-state index contributed by atoms with van der Waals surface area (Å²) < 4.78 is 61.0. The van der Waals surface area contributed by atoms with Gasteiger partial charge < -0.3 is 5.32 Å². The molecule has 0 aromatic heterocycles. The fourth-order valence-corrected chi connectivity index (χ4v) is 1.92. The third-order valence-electron chi connectivity index (χ3n) is 2.58. The van der Waals surface area contributed by atoms with Crippen LogP contribution in [0.4, 0.5) is 22.0 Å². The minimum Gasteiger partial charge on any atom is -0.317 e. The van der Waals surface area contributed by atoms with Crippen molar-refractivity contribution in [3.05, 3.63) is 0 Å². The molecule has 16 heavy (non-hydrogen) atoms. The zero-order chi connectivity index (χ0) is 12.2. The minimum atomic E-state index is -4.42. The lowest BCUT2D eigenvalue weighted by molar-refractivity contribution is -0.156. The Morgan fingerprint density at radius 3 is 2.19 bits per heavy atom. The molecule has 0 aliphatic carbocycles. The van der Waals surface area contributed by atoms with Crippen LogP contribution in [-0.4, -0.2) is 49.7 Å². The van der Waals surface area contributed by atoms with Crippen molar-refractivity contribution in [3.8, 4) is 0 Å². The highest BCUT2D eigenvalue weighted by atomic mass is 19.4. The molecule has 0 amide bonds. The molecule has 96 valence electrons. The SMILES string of the molecule is FC(F)CN(CC(F)(F)F)C1CCNCC1. The standard InChI is InChI=1S/C9H15F5N2/c10-8(11)5-16(6-9(12,13)14)7-1-3-15-4-2-7/h7-8,15H,1-6H2. The number of nitrogens with zero attached hydrogens (tertiary/aromatic N) is 1. The number of hydrogen-bond acceptors (Lipinski definition) is 2. The summed E-state index contributed by atoms with van der Waals surface area (Å²) in [6.07, 6.45) is -6.16. The number of rotatable bonds is 4. The first-order chi connectivity index (χ1) is 7.38. The Hall–Kier alpha value is -0.430. The molecule has 1 N–H and O–H groups in total. The van der Waals surface area contributed by atoms with Crippen molar-refractivity contribution in [2.45, 2.75) is 31.5 Å². The minimum absolute atomic E-state index is 0.392. The van der Waals surface area contributed by atoms with Crippen molar-refractivity contribution in [2.75, 3.05) is 26.2 Å². The van der Waals surface area contributed by atoms with E-state index in [1.807, 2.05) is 0 Å². The summed E-state index contributed by atoms with van der Waals surface area (Å²) in [5.74, 6) is 0. The molecule has 2 nitrogen and oxygen atoms in total. The summed E-state index contributed by atoms with van der Waals surface area (Å²) >= 11 is 0. The third kappa shape index (κ3) is 5.07. The van der Waals surface area contributed by atoms with Gasteiger partial charge in [0.2, 0.25) is 0 Å². The van der Waals surface area contributed by atoms with Crippen LogP contribution in [0.3, 0.4) is 0 Å². The summed E-state index contributed by atoms with van der Waals surface area (Å²) in [6.45, 7) is -0.878. The van der Waals surface area contributed by atoms with Crippen LogP contribution in [0.5, 0.6) is 0 Å². The molecule has 0 unspecified atom stereocenters. The van der Waals surface area contributed by atoms with Gasteiger partial charge in [0, 0.05) is 6.04 Å². The zero-order valence-corrected chi connectivity index (χ0v) is 8.73. The Labute approximate surface area is 90.8 Å². The van der Waals surface area contributed by atoms with Gasteiger partial charge in [0.05, 0.1) is 13.1 Å². The van der Waals surface area contributed by atoms with Gasteiger partial charge in [-0.3, -0.25) is 4.90 Å². The van der Waals surface area contributed by atoms with Crippen LogP contribution in [0.25, 0.3) is 0 Å². The topological polar surface area (TPSA) is 15.3 Å².